The lowest BCUT2D eigenvalue weighted by Crippen LogP contribution is -1.98. The van der Waals surface area contributed by atoms with Gasteiger partial charge in [-0.15, -0.1) is 0 Å². The fourth-order valence-corrected chi connectivity index (χ4v) is 0.447. The maximum Gasteiger partial charge on any atom is 0.0895 e. The van der Waals surface area contributed by atoms with Gasteiger partial charge in [-0.05, 0) is 13.8 Å². The minimum atomic E-state index is 0.322. The Morgan fingerprint density at radius 2 is 2.17 bits per heavy atom. The molecule has 0 amide bonds. The zero-order chi connectivity index (χ0) is 4.99. The highest BCUT2D eigenvalue weighted by atomic mass is 32.1. The molecule has 0 aromatic carbocycles. The molecule has 0 bridgehead atoms. The van der Waals surface area contributed by atoms with Crippen LogP contribution in [-0.2, 0) is 4.74 Å². The molecule has 0 unspecified atom stereocenters. The van der Waals surface area contributed by atoms with Crippen molar-refractivity contribution in [3.8, 4) is 0 Å². The minimum Gasteiger partial charge on any atom is -0.368 e. The predicted molar refractivity (Wildman–Crippen MR) is 30.1 cm³/mol. The number of ether oxygens (including phenoxy) is 1. The number of rotatable bonds is 2. The first-order chi connectivity index (χ1) is 2.77. The number of hydrogen-bond acceptors (Lipinski definition) is 2. The van der Waals surface area contributed by atoms with Crippen molar-refractivity contribution in [2.75, 3.05) is 5.94 Å². The van der Waals surface area contributed by atoms with Crippen LogP contribution in [0, 0.1) is 0 Å². The summed E-state index contributed by atoms with van der Waals surface area (Å²) in [7, 11) is 0. The normalized spacial score (nSPS) is 10.0. The Morgan fingerprint density at radius 3 is 2.17 bits per heavy atom. The molecular weight excluding hydrogens is 96.1 g/mol. The molecule has 0 aromatic rings. The second kappa shape index (κ2) is 3.50. The van der Waals surface area contributed by atoms with Gasteiger partial charge in [0.15, 0.2) is 0 Å². The quantitative estimate of drug-likeness (QED) is 0.412. The Morgan fingerprint density at radius 1 is 1.67 bits per heavy atom. The summed E-state index contributed by atoms with van der Waals surface area (Å²) >= 11 is 3.84. The summed E-state index contributed by atoms with van der Waals surface area (Å²) in [4.78, 5) is 0. The average molecular weight is 106 g/mol. The molecule has 1 nitrogen and oxygen atoms in total. The highest BCUT2D eigenvalue weighted by Gasteiger charge is 1.84. The highest BCUT2D eigenvalue weighted by Crippen LogP contribution is 1.86. The molecule has 0 aliphatic carbocycles. The van der Waals surface area contributed by atoms with Gasteiger partial charge in [0.2, 0.25) is 0 Å². The molecule has 0 aromatic heterocycles. The zero-order valence-electron chi connectivity index (χ0n) is 4.14. The standard InChI is InChI=1S/C4H10OS/c1-4(2)5-3-6/h4,6H,3H2,1-2H3. The monoisotopic (exact) mass is 106 g/mol. The van der Waals surface area contributed by atoms with Crippen LogP contribution >= 0.6 is 12.6 Å². The van der Waals surface area contributed by atoms with Gasteiger partial charge < -0.3 is 4.74 Å². The van der Waals surface area contributed by atoms with Crippen LogP contribution in [0.25, 0.3) is 0 Å². The van der Waals surface area contributed by atoms with Crippen LogP contribution in [0.3, 0.4) is 0 Å². The summed E-state index contributed by atoms with van der Waals surface area (Å²) in [6, 6.07) is 0. The van der Waals surface area contributed by atoms with E-state index in [-0.39, 0.29) is 0 Å². The van der Waals surface area contributed by atoms with Gasteiger partial charge in [0, 0.05) is 0 Å². The smallest absolute Gasteiger partial charge is 0.0895 e. The third-order valence-corrected chi connectivity index (χ3v) is 0.557. The van der Waals surface area contributed by atoms with Crippen LogP contribution in [0.2, 0.25) is 0 Å². The molecule has 0 N–H and O–H groups in total. The van der Waals surface area contributed by atoms with Crippen LogP contribution in [0.1, 0.15) is 13.8 Å². The second-order valence-electron chi connectivity index (χ2n) is 1.34. The van der Waals surface area contributed by atoms with Gasteiger partial charge in [-0.3, -0.25) is 0 Å². The minimum absolute atomic E-state index is 0.322. The van der Waals surface area contributed by atoms with E-state index in [1.807, 2.05) is 13.8 Å². The summed E-state index contributed by atoms with van der Waals surface area (Å²) in [6.45, 7) is 3.96. The Kier molecular flexibility index (Phi) is 3.68. The first kappa shape index (κ1) is 6.31. The molecule has 0 saturated heterocycles. The summed E-state index contributed by atoms with van der Waals surface area (Å²) in [5, 5.41) is 0. The van der Waals surface area contributed by atoms with E-state index in [4.69, 9.17) is 4.74 Å². The summed E-state index contributed by atoms with van der Waals surface area (Å²) in [5.74, 6) is 0.525. The fourth-order valence-electron chi connectivity index (χ4n) is 0.149. The molecule has 38 valence electrons. The highest BCUT2D eigenvalue weighted by molar-refractivity contribution is 7.80. The molecule has 0 atom stereocenters. The predicted octanol–water partition coefficient (Wildman–Crippen LogP) is 1.30. The fraction of sp³-hybridized carbons (Fsp3) is 1.00. The Labute approximate surface area is 44.1 Å². The SMILES string of the molecule is CC(C)OCS. The van der Waals surface area contributed by atoms with E-state index in [2.05, 4.69) is 12.6 Å². The molecule has 0 radical (unpaired) electrons. The molecule has 0 aliphatic heterocycles. The van der Waals surface area contributed by atoms with Crippen LogP contribution in [-0.4, -0.2) is 12.0 Å². The van der Waals surface area contributed by atoms with Gasteiger partial charge in [-0.2, -0.15) is 12.6 Å². The summed E-state index contributed by atoms with van der Waals surface area (Å²) in [5.41, 5.74) is 0. The lowest BCUT2D eigenvalue weighted by Gasteiger charge is -1.99. The molecule has 0 spiro atoms. The molecule has 0 saturated carbocycles. The summed E-state index contributed by atoms with van der Waals surface area (Å²) < 4.78 is 4.91. The Hall–Kier alpha value is 0.310. The molecule has 0 heterocycles. The van der Waals surface area contributed by atoms with E-state index in [0.717, 1.165) is 0 Å². The number of hydrogen-bond donors (Lipinski definition) is 1. The van der Waals surface area contributed by atoms with Crippen LogP contribution in [0.4, 0.5) is 0 Å². The van der Waals surface area contributed by atoms with Crippen LogP contribution in [0.5, 0.6) is 0 Å². The van der Waals surface area contributed by atoms with Crippen molar-refractivity contribution in [1.29, 1.82) is 0 Å². The van der Waals surface area contributed by atoms with Crippen LogP contribution < -0.4 is 0 Å². The first-order valence-electron chi connectivity index (χ1n) is 2.00. The largest absolute Gasteiger partial charge is 0.368 e. The van der Waals surface area contributed by atoms with E-state index in [0.29, 0.717) is 12.0 Å². The van der Waals surface area contributed by atoms with Gasteiger partial charge in [0.05, 0.1) is 12.0 Å². The van der Waals surface area contributed by atoms with E-state index in [1.54, 1.807) is 0 Å². The van der Waals surface area contributed by atoms with Crippen molar-refractivity contribution in [2.45, 2.75) is 20.0 Å². The summed E-state index contributed by atoms with van der Waals surface area (Å²) in [6.07, 6.45) is 0.322. The van der Waals surface area contributed by atoms with Crippen molar-refractivity contribution in [3.05, 3.63) is 0 Å². The molecule has 0 fully saturated rings. The van der Waals surface area contributed by atoms with E-state index < -0.39 is 0 Å². The van der Waals surface area contributed by atoms with E-state index in [9.17, 15) is 0 Å². The second-order valence-corrected chi connectivity index (χ2v) is 1.60. The average Bonchev–Trinajstić information content (AvgIpc) is 1.35. The van der Waals surface area contributed by atoms with Gasteiger partial charge in [-0.25, -0.2) is 0 Å². The molecule has 6 heavy (non-hydrogen) atoms. The van der Waals surface area contributed by atoms with Crippen LogP contribution in [0.15, 0.2) is 0 Å². The Bertz CT molecular complexity index is 28.7. The topological polar surface area (TPSA) is 9.23 Å². The van der Waals surface area contributed by atoms with Crippen molar-refractivity contribution in [1.82, 2.24) is 0 Å². The maximum absolute atomic E-state index is 4.91. The van der Waals surface area contributed by atoms with Crippen molar-refractivity contribution >= 4 is 12.6 Å². The molecule has 0 aliphatic rings. The third-order valence-electron chi connectivity index (χ3n) is 0.408. The van der Waals surface area contributed by atoms with E-state index in [1.165, 1.54) is 0 Å². The molecule has 2 heteroatoms. The lowest BCUT2D eigenvalue weighted by atomic mass is 10.5. The van der Waals surface area contributed by atoms with Gasteiger partial charge in [0.25, 0.3) is 0 Å². The van der Waals surface area contributed by atoms with Crippen molar-refractivity contribution in [2.24, 2.45) is 0 Å². The van der Waals surface area contributed by atoms with Crippen molar-refractivity contribution < 1.29 is 4.74 Å². The third kappa shape index (κ3) is 4.31. The van der Waals surface area contributed by atoms with Gasteiger partial charge in [-0.1, -0.05) is 0 Å². The first-order valence-corrected chi connectivity index (χ1v) is 2.63. The van der Waals surface area contributed by atoms with Gasteiger partial charge >= 0.3 is 0 Å². The van der Waals surface area contributed by atoms with Gasteiger partial charge in [0.1, 0.15) is 0 Å². The molecular formula is C4H10OS. The lowest BCUT2D eigenvalue weighted by molar-refractivity contribution is 0.121. The Balaban J connectivity index is 2.63. The maximum atomic E-state index is 4.91. The number of thiol groups is 1. The zero-order valence-corrected chi connectivity index (χ0v) is 5.03. The molecule has 0 rings (SSSR count). The van der Waals surface area contributed by atoms with Crippen molar-refractivity contribution in [3.63, 3.8) is 0 Å². The van der Waals surface area contributed by atoms with E-state index >= 15 is 0 Å².